The van der Waals surface area contributed by atoms with Crippen LogP contribution in [0.25, 0.3) is 0 Å². The maximum atomic E-state index is 7.89. The molecule has 0 aromatic carbocycles. The zero-order chi connectivity index (χ0) is 5.58. The van der Waals surface area contributed by atoms with Crippen molar-refractivity contribution >= 4 is 18.9 Å². The summed E-state index contributed by atoms with van der Waals surface area (Å²) in [6, 6.07) is 0. The Morgan fingerprint density at radius 3 is 1.14 bits per heavy atom. The van der Waals surface area contributed by atoms with Crippen LogP contribution >= 0.6 is 0 Å². The van der Waals surface area contributed by atoms with E-state index in [9.17, 15) is 0 Å². The Balaban J connectivity index is -0.0000000480. The minimum atomic E-state index is 0. The molecule has 0 saturated carbocycles. The minimum absolute atomic E-state index is 0. The van der Waals surface area contributed by atoms with Crippen LogP contribution in [0.15, 0.2) is 0 Å². The first-order chi connectivity index (χ1) is 2.73. The van der Waals surface area contributed by atoms with E-state index in [0.29, 0.717) is 0 Å². The zero-order valence-corrected chi connectivity index (χ0v) is 4.89. The fourth-order valence-corrected chi connectivity index (χ4v) is 0. The molecule has 2 nitrogen and oxygen atoms in total. The van der Waals surface area contributed by atoms with Crippen LogP contribution in [-0.2, 0) is 0 Å². The van der Waals surface area contributed by atoms with Gasteiger partial charge in [0.2, 0.25) is 0 Å². The third-order valence-electron chi connectivity index (χ3n) is 0. The Bertz CT molecular complexity index is 16.4. The van der Waals surface area contributed by atoms with Crippen LogP contribution in [0, 0.1) is 0 Å². The van der Waals surface area contributed by atoms with Gasteiger partial charge in [-0.25, -0.2) is 0 Å². The van der Waals surface area contributed by atoms with Crippen molar-refractivity contribution in [3.05, 3.63) is 0 Å². The van der Waals surface area contributed by atoms with Gasteiger partial charge in [-0.2, -0.15) is 5.06 Å². The summed E-state index contributed by atoms with van der Waals surface area (Å²) in [4.78, 5) is 0. The molecule has 3 heteroatoms. The SMILES string of the molecule is CC.CN(C)O.[LiH]. The third-order valence-corrected chi connectivity index (χ3v) is 0. The average molecular weight is 99.1 g/mol. The van der Waals surface area contributed by atoms with Gasteiger partial charge in [0, 0.05) is 14.1 Å². The van der Waals surface area contributed by atoms with Crippen LogP contribution in [0.1, 0.15) is 13.8 Å². The topological polar surface area (TPSA) is 23.5 Å². The van der Waals surface area contributed by atoms with Crippen molar-refractivity contribution in [1.29, 1.82) is 0 Å². The molecule has 0 atom stereocenters. The third kappa shape index (κ3) is 497. The number of hydrogen-bond donors (Lipinski definition) is 1. The van der Waals surface area contributed by atoms with E-state index in [0.717, 1.165) is 5.06 Å². The Morgan fingerprint density at radius 1 is 1.14 bits per heavy atom. The molecule has 0 rings (SSSR count). The molecule has 0 aliphatic rings. The Labute approximate surface area is 57.6 Å². The van der Waals surface area contributed by atoms with Crippen LogP contribution < -0.4 is 0 Å². The van der Waals surface area contributed by atoms with Crippen molar-refractivity contribution in [2.24, 2.45) is 0 Å². The summed E-state index contributed by atoms with van der Waals surface area (Å²) in [5, 5.41) is 8.89. The fraction of sp³-hybridized carbons (Fsp3) is 1.00. The standard InChI is InChI=1S/C2H7NO.C2H6.Li.H/c1-3(2)4;1-2;;/h4H,1-2H3;1-2H3;;. The molecule has 0 aromatic heterocycles. The molecule has 0 heterocycles. The van der Waals surface area contributed by atoms with Crippen molar-refractivity contribution in [2.45, 2.75) is 13.8 Å². The first-order valence-corrected chi connectivity index (χ1v) is 2.09. The molecule has 0 spiro atoms. The molecule has 1 N–H and O–H groups in total. The summed E-state index contributed by atoms with van der Waals surface area (Å²) in [7, 11) is 3.11. The van der Waals surface area contributed by atoms with Crippen molar-refractivity contribution in [3.63, 3.8) is 0 Å². The predicted octanol–water partition coefficient (Wildman–Crippen LogP) is 0.315. The summed E-state index contributed by atoms with van der Waals surface area (Å²) in [6.45, 7) is 4.00. The quantitative estimate of drug-likeness (QED) is 0.349. The van der Waals surface area contributed by atoms with E-state index < -0.39 is 0 Å². The first kappa shape index (κ1) is 15.6. The summed E-state index contributed by atoms with van der Waals surface area (Å²) in [5.41, 5.74) is 0. The summed E-state index contributed by atoms with van der Waals surface area (Å²) in [5.74, 6) is 0. The Kier molecular flexibility index (Phi) is 35.8. The van der Waals surface area contributed by atoms with E-state index in [2.05, 4.69) is 0 Å². The van der Waals surface area contributed by atoms with Gasteiger partial charge in [0.1, 0.15) is 0 Å². The summed E-state index contributed by atoms with van der Waals surface area (Å²) >= 11 is 0. The molecule has 0 aromatic rings. The van der Waals surface area contributed by atoms with Gasteiger partial charge in [-0.1, -0.05) is 13.8 Å². The van der Waals surface area contributed by atoms with Gasteiger partial charge in [-0.05, 0) is 0 Å². The molecular formula is C4H14LiNO. The van der Waals surface area contributed by atoms with Crippen molar-refractivity contribution in [2.75, 3.05) is 14.1 Å². The Morgan fingerprint density at radius 2 is 1.14 bits per heavy atom. The molecule has 7 heavy (non-hydrogen) atoms. The second-order valence-electron chi connectivity index (χ2n) is 0.847. The van der Waals surface area contributed by atoms with Gasteiger partial charge in [0.25, 0.3) is 0 Å². The van der Waals surface area contributed by atoms with Crippen LogP contribution in [0.4, 0.5) is 0 Å². The molecule has 0 aliphatic carbocycles. The van der Waals surface area contributed by atoms with Gasteiger partial charge >= 0.3 is 18.9 Å². The van der Waals surface area contributed by atoms with Crippen LogP contribution in [0.2, 0.25) is 0 Å². The van der Waals surface area contributed by atoms with E-state index in [1.165, 1.54) is 0 Å². The molecule has 0 unspecified atom stereocenters. The normalized spacial score (nSPS) is 6.00. The number of hydrogen-bond acceptors (Lipinski definition) is 2. The molecular weight excluding hydrogens is 85.0 g/mol. The number of hydroxylamine groups is 2. The van der Waals surface area contributed by atoms with E-state index >= 15 is 0 Å². The van der Waals surface area contributed by atoms with Crippen molar-refractivity contribution in [1.82, 2.24) is 5.06 Å². The molecule has 0 aliphatic heterocycles. The average Bonchev–Trinajstić information content (AvgIpc) is 1.41. The van der Waals surface area contributed by atoms with Crippen molar-refractivity contribution in [3.8, 4) is 0 Å². The molecule has 42 valence electrons. The van der Waals surface area contributed by atoms with Gasteiger partial charge in [0.15, 0.2) is 0 Å². The van der Waals surface area contributed by atoms with Gasteiger partial charge in [0.05, 0.1) is 0 Å². The summed E-state index contributed by atoms with van der Waals surface area (Å²) < 4.78 is 0. The predicted molar refractivity (Wildman–Crippen MR) is 34.0 cm³/mol. The second kappa shape index (κ2) is 16.0. The molecule has 0 bridgehead atoms. The monoisotopic (exact) mass is 99.1 g/mol. The fourth-order valence-electron chi connectivity index (χ4n) is 0. The molecule has 0 radical (unpaired) electrons. The van der Waals surface area contributed by atoms with Crippen LogP contribution in [-0.4, -0.2) is 43.2 Å². The number of rotatable bonds is 0. The second-order valence-corrected chi connectivity index (χ2v) is 0.847. The van der Waals surface area contributed by atoms with Crippen molar-refractivity contribution < 1.29 is 5.21 Å². The van der Waals surface area contributed by atoms with E-state index in [1.807, 2.05) is 13.8 Å². The van der Waals surface area contributed by atoms with Gasteiger partial charge in [-0.15, -0.1) is 0 Å². The summed E-state index contributed by atoms with van der Waals surface area (Å²) in [6.07, 6.45) is 0. The van der Waals surface area contributed by atoms with Gasteiger partial charge < -0.3 is 5.21 Å². The van der Waals surface area contributed by atoms with Crippen LogP contribution in [0.5, 0.6) is 0 Å². The molecule has 0 fully saturated rings. The van der Waals surface area contributed by atoms with Gasteiger partial charge in [-0.3, -0.25) is 0 Å². The van der Waals surface area contributed by atoms with E-state index in [1.54, 1.807) is 14.1 Å². The molecule has 0 amide bonds. The number of nitrogens with zero attached hydrogens (tertiary/aromatic N) is 1. The Hall–Kier alpha value is 0.517. The van der Waals surface area contributed by atoms with E-state index in [-0.39, 0.29) is 18.9 Å². The molecule has 0 saturated heterocycles. The van der Waals surface area contributed by atoms with Crippen LogP contribution in [0.3, 0.4) is 0 Å². The maximum absolute atomic E-state index is 7.89. The first-order valence-electron chi connectivity index (χ1n) is 2.09. The zero-order valence-electron chi connectivity index (χ0n) is 4.89. The van der Waals surface area contributed by atoms with E-state index in [4.69, 9.17) is 5.21 Å².